The first-order valence-electron chi connectivity index (χ1n) is 9.22. The number of hydrogen-bond acceptors (Lipinski definition) is 7. The van der Waals surface area contributed by atoms with Crippen LogP contribution in [0.3, 0.4) is 0 Å². The molecule has 0 saturated carbocycles. The van der Waals surface area contributed by atoms with Crippen molar-refractivity contribution in [3.63, 3.8) is 0 Å². The van der Waals surface area contributed by atoms with E-state index in [1.54, 1.807) is 13.8 Å². The number of carbonyl (C=O) groups excluding carboxylic acids is 1. The molecule has 0 spiro atoms. The van der Waals surface area contributed by atoms with Crippen LogP contribution in [-0.4, -0.2) is 52.2 Å². The number of aliphatic hydroxyl groups is 1. The zero-order valence-corrected chi connectivity index (χ0v) is 16.6. The first-order chi connectivity index (χ1) is 14.6. The number of pyridine rings is 1. The largest absolute Gasteiger partial charge is 0.417 e. The number of nitrogens with one attached hydrogen (secondary N) is 4. The molecule has 12 heteroatoms. The number of aliphatic hydroxyl groups excluding tert-OH is 1. The van der Waals surface area contributed by atoms with Crippen LogP contribution in [0.25, 0.3) is 16.7 Å². The van der Waals surface area contributed by atoms with Gasteiger partial charge in [0.05, 0.1) is 29.0 Å². The van der Waals surface area contributed by atoms with Crippen molar-refractivity contribution in [2.75, 3.05) is 13.2 Å². The van der Waals surface area contributed by atoms with Crippen molar-refractivity contribution in [3.8, 4) is 6.07 Å². The molecule has 9 nitrogen and oxygen atoms in total. The Morgan fingerprint density at radius 1 is 1.39 bits per heavy atom. The Morgan fingerprint density at radius 3 is 2.77 bits per heavy atom. The number of amides is 1. The maximum absolute atomic E-state index is 13.1. The summed E-state index contributed by atoms with van der Waals surface area (Å²) in [6, 6.07) is 2.92. The monoisotopic (exact) mass is 435 g/mol. The number of aliphatic imine (C=N–C) groups is 1. The number of rotatable bonds is 6. The highest BCUT2D eigenvalue weighted by Gasteiger charge is 2.33. The van der Waals surface area contributed by atoms with Crippen molar-refractivity contribution in [2.24, 2.45) is 4.99 Å². The van der Waals surface area contributed by atoms with Crippen LogP contribution in [0.15, 0.2) is 29.0 Å². The number of allylic oxidation sites excluding steroid dienone is 1. The number of fused-ring (bicyclic) bond motifs is 1. The number of aromatic nitrogens is 2. The molecule has 3 heterocycles. The standard InChI is InChI=1S/C19H20F3N7O2/c1-18(2,16(31)24-3-4-30)29-17-27-7-10(6-23)14(28-17)13-9-26-15-12(13)5-11(8-25-15)19(20,21)22/h5,7-9,17,28-30H,3-4H2,1-2H3,(H,24,31)(H,25,26). The first kappa shape index (κ1) is 22.3. The zero-order chi connectivity index (χ0) is 22.8. The molecule has 1 unspecified atom stereocenters. The number of hydrogen-bond donors (Lipinski definition) is 5. The van der Waals surface area contributed by atoms with Crippen molar-refractivity contribution < 1.29 is 23.1 Å². The van der Waals surface area contributed by atoms with E-state index in [0.717, 1.165) is 12.3 Å². The third-order valence-electron chi connectivity index (χ3n) is 4.61. The van der Waals surface area contributed by atoms with Crippen LogP contribution < -0.4 is 16.0 Å². The van der Waals surface area contributed by atoms with Crippen LogP contribution in [0.4, 0.5) is 13.2 Å². The maximum Gasteiger partial charge on any atom is 0.417 e. The number of carbonyl (C=O) groups is 1. The maximum atomic E-state index is 13.1. The topological polar surface area (TPSA) is 138 Å². The highest BCUT2D eigenvalue weighted by Crippen LogP contribution is 2.33. The minimum atomic E-state index is -4.57. The summed E-state index contributed by atoms with van der Waals surface area (Å²) in [5.74, 6) is -0.388. The van der Waals surface area contributed by atoms with E-state index >= 15 is 0 Å². The van der Waals surface area contributed by atoms with Gasteiger partial charge in [-0.15, -0.1) is 0 Å². The Hall–Kier alpha value is -3.43. The van der Waals surface area contributed by atoms with E-state index in [1.165, 1.54) is 12.4 Å². The zero-order valence-electron chi connectivity index (χ0n) is 16.6. The summed E-state index contributed by atoms with van der Waals surface area (Å²) in [5.41, 5.74) is -1.13. The lowest BCUT2D eigenvalue weighted by Gasteiger charge is -2.31. The predicted molar refractivity (Wildman–Crippen MR) is 106 cm³/mol. The van der Waals surface area contributed by atoms with E-state index in [4.69, 9.17) is 5.11 Å². The van der Waals surface area contributed by atoms with Gasteiger partial charge in [-0.05, 0) is 19.9 Å². The molecule has 2 aromatic heterocycles. The third-order valence-corrected chi connectivity index (χ3v) is 4.61. The van der Waals surface area contributed by atoms with Gasteiger partial charge in [-0.1, -0.05) is 0 Å². The normalized spacial score (nSPS) is 16.9. The molecule has 2 aromatic rings. The van der Waals surface area contributed by atoms with Gasteiger partial charge in [0.2, 0.25) is 5.91 Å². The van der Waals surface area contributed by atoms with Gasteiger partial charge in [0.1, 0.15) is 11.7 Å². The Kier molecular flexibility index (Phi) is 6.01. The molecule has 1 aliphatic rings. The van der Waals surface area contributed by atoms with E-state index in [0.29, 0.717) is 5.56 Å². The number of halogens is 3. The number of aromatic amines is 1. The number of H-pyrrole nitrogens is 1. The Labute approximate surface area is 175 Å². The molecule has 164 valence electrons. The van der Waals surface area contributed by atoms with E-state index in [9.17, 15) is 23.2 Å². The first-order valence-corrected chi connectivity index (χ1v) is 9.22. The summed E-state index contributed by atoms with van der Waals surface area (Å²) in [6.45, 7) is 3.07. The lowest BCUT2D eigenvalue weighted by Crippen LogP contribution is -2.59. The number of nitrogens with zero attached hydrogens (tertiary/aromatic N) is 3. The van der Waals surface area contributed by atoms with Gasteiger partial charge in [0.25, 0.3) is 0 Å². The summed E-state index contributed by atoms with van der Waals surface area (Å²) in [4.78, 5) is 23.1. The molecule has 0 saturated heterocycles. The second-order valence-electron chi connectivity index (χ2n) is 7.29. The van der Waals surface area contributed by atoms with E-state index in [-0.39, 0.29) is 41.4 Å². The summed E-state index contributed by atoms with van der Waals surface area (Å²) in [5, 5.41) is 27.0. The fourth-order valence-corrected chi connectivity index (χ4v) is 3.01. The van der Waals surface area contributed by atoms with E-state index < -0.39 is 23.6 Å². The summed E-state index contributed by atoms with van der Waals surface area (Å²) < 4.78 is 39.4. The lowest BCUT2D eigenvalue weighted by molar-refractivity contribution is -0.137. The van der Waals surface area contributed by atoms with Crippen molar-refractivity contribution >= 4 is 28.9 Å². The molecular formula is C19H20F3N7O2. The van der Waals surface area contributed by atoms with Crippen LogP contribution in [0.1, 0.15) is 25.0 Å². The Morgan fingerprint density at radius 2 is 2.13 bits per heavy atom. The predicted octanol–water partition coefficient (Wildman–Crippen LogP) is 1.25. The van der Waals surface area contributed by atoms with Gasteiger partial charge in [0.15, 0.2) is 6.29 Å². The SMILES string of the molecule is CC(C)(NC1N=CC(C#N)=C(c2c[nH]c3ncc(C(F)(F)F)cc23)N1)C(=O)NCCO. The van der Waals surface area contributed by atoms with Gasteiger partial charge < -0.3 is 20.7 Å². The van der Waals surface area contributed by atoms with Gasteiger partial charge in [-0.25, -0.2) is 4.98 Å². The van der Waals surface area contributed by atoms with Gasteiger partial charge in [-0.2, -0.15) is 18.4 Å². The third kappa shape index (κ3) is 4.68. The van der Waals surface area contributed by atoms with Crippen molar-refractivity contribution in [1.82, 2.24) is 25.9 Å². The van der Waals surface area contributed by atoms with Crippen LogP contribution in [0.2, 0.25) is 0 Å². The van der Waals surface area contributed by atoms with Gasteiger partial charge in [-0.3, -0.25) is 15.1 Å². The summed E-state index contributed by atoms with van der Waals surface area (Å²) in [7, 11) is 0. The van der Waals surface area contributed by atoms with Crippen LogP contribution in [0.5, 0.6) is 0 Å². The highest BCUT2D eigenvalue weighted by atomic mass is 19.4. The molecule has 1 atom stereocenters. The molecule has 5 N–H and O–H groups in total. The van der Waals surface area contributed by atoms with Crippen molar-refractivity contribution in [2.45, 2.75) is 31.9 Å². The molecule has 31 heavy (non-hydrogen) atoms. The van der Waals surface area contributed by atoms with Crippen molar-refractivity contribution in [3.05, 3.63) is 35.2 Å². The van der Waals surface area contributed by atoms with Gasteiger partial charge in [0, 0.05) is 36.1 Å². The highest BCUT2D eigenvalue weighted by molar-refractivity contribution is 6.01. The molecule has 0 aromatic carbocycles. The van der Waals surface area contributed by atoms with Gasteiger partial charge >= 0.3 is 6.18 Å². The average molecular weight is 435 g/mol. The Bertz CT molecular complexity index is 1100. The van der Waals surface area contributed by atoms with E-state index in [1.807, 2.05) is 6.07 Å². The van der Waals surface area contributed by atoms with Crippen molar-refractivity contribution in [1.29, 1.82) is 5.26 Å². The number of nitriles is 1. The fourth-order valence-electron chi connectivity index (χ4n) is 3.01. The summed E-state index contributed by atoms with van der Waals surface area (Å²) >= 11 is 0. The van der Waals surface area contributed by atoms with Crippen LogP contribution >= 0.6 is 0 Å². The smallest absolute Gasteiger partial charge is 0.395 e. The van der Waals surface area contributed by atoms with Crippen LogP contribution in [0, 0.1) is 11.3 Å². The van der Waals surface area contributed by atoms with Crippen LogP contribution in [-0.2, 0) is 11.0 Å². The lowest BCUT2D eigenvalue weighted by atomic mass is 10.0. The molecule has 0 fully saturated rings. The second kappa shape index (κ2) is 8.37. The molecule has 0 radical (unpaired) electrons. The minimum Gasteiger partial charge on any atom is -0.395 e. The Balaban J connectivity index is 1.92. The molecule has 1 aliphatic heterocycles. The minimum absolute atomic E-state index is 0.0823. The number of alkyl halides is 3. The quantitative estimate of drug-likeness (QED) is 0.463. The second-order valence-corrected chi connectivity index (χ2v) is 7.29. The fraction of sp³-hybridized carbons (Fsp3) is 0.368. The molecule has 0 aliphatic carbocycles. The van der Waals surface area contributed by atoms with E-state index in [2.05, 4.69) is 30.9 Å². The average Bonchev–Trinajstić information content (AvgIpc) is 3.14. The molecule has 1 amide bonds. The molecule has 3 rings (SSSR count). The summed E-state index contributed by atoms with van der Waals surface area (Å²) in [6.07, 6.45) is -1.95. The molecular weight excluding hydrogens is 415 g/mol. The molecule has 0 bridgehead atoms.